The molecule has 1 rings (SSSR count). The van der Waals surface area contributed by atoms with E-state index in [4.69, 9.17) is 20.3 Å². The second-order valence-electron chi connectivity index (χ2n) is 3.00. The molecule has 0 radical (unpaired) electrons. The minimum absolute atomic E-state index is 0.0589. The Morgan fingerprint density at radius 2 is 2.15 bits per heavy atom. The maximum absolute atomic E-state index is 9.49. The quantitative estimate of drug-likeness (QED) is 0.392. The average Bonchev–Trinajstić information content (AvgIpc) is 2.42. The Labute approximate surface area is 75.9 Å². The van der Waals surface area contributed by atoms with Crippen molar-refractivity contribution in [2.24, 2.45) is 5.73 Å². The fraction of sp³-hybridized carbons (Fsp3) is 1.00. The fourth-order valence-corrected chi connectivity index (χ4v) is 1.41. The Balaban J connectivity index is 2.79. The molecule has 1 unspecified atom stereocenters. The molecule has 6 nitrogen and oxygen atoms in total. The predicted octanol–water partition coefficient (Wildman–Crippen LogP) is -2.60. The third-order valence-electron chi connectivity index (χ3n) is 2.30. The van der Waals surface area contributed by atoms with Gasteiger partial charge in [-0.25, -0.2) is 0 Å². The minimum atomic E-state index is -1.54. The van der Waals surface area contributed by atoms with E-state index in [-0.39, 0.29) is 6.54 Å². The van der Waals surface area contributed by atoms with E-state index in [1.165, 1.54) is 7.11 Å². The van der Waals surface area contributed by atoms with Crippen molar-refractivity contribution in [2.75, 3.05) is 20.3 Å². The summed E-state index contributed by atoms with van der Waals surface area (Å²) >= 11 is 0. The maximum atomic E-state index is 9.49. The molecule has 6 heteroatoms. The summed E-state index contributed by atoms with van der Waals surface area (Å²) in [6.07, 6.45) is -3.12. The normalized spacial score (nSPS) is 45.5. The van der Waals surface area contributed by atoms with Gasteiger partial charge in [0.1, 0.15) is 24.9 Å². The molecule has 13 heavy (non-hydrogen) atoms. The molecule has 78 valence electrons. The molecular weight excluding hydrogens is 178 g/mol. The van der Waals surface area contributed by atoms with E-state index < -0.39 is 30.7 Å². The maximum Gasteiger partial charge on any atom is 0.221 e. The van der Waals surface area contributed by atoms with Gasteiger partial charge in [-0.1, -0.05) is 0 Å². The Hall–Kier alpha value is -0.240. The van der Waals surface area contributed by atoms with Gasteiger partial charge in [0.2, 0.25) is 5.79 Å². The number of ether oxygens (including phenoxy) is 2. The molecule has 5 N–H and O–H groups in total. The van der Waals surface area contributed by atoms with Crippen LogP contribution in [-0.4, -0.2) is 59.7 Å². The Morgan fingerprint density at radius 1 is 1.54 bits per heavy atom. The van der Waals surface area contributed by atoms with Crippen LogP contribution in [0.1, 0.15) is 0 Å². The molecule has 1 heterocycles. The van der Waals surface area contributed by atoms with Crippen LogP contribution >= 0.6 is 0 Å². The molecule has 0 aromatic heterocycles. The molecule has 0 spiro atoms. The highest BCUT2D eigenvalue weighted by atomic mass is 16.7. The minimum Gasteiger partial charge on any atom is -0.391 e. The molecule has 0 bridgehead atoms. The largest absolute Gasteiger partial charge is 0.391 e. The number of nitrogens with two attached hydrogens (primary N) is 1. The Morgan fingerprint density at radius 3 is 2.38 bits per heavy atom. The molecule has 0 aromatic carbocycles. The number of aliphatic hydroxyl groups is 3. The number of aliphatic hydroxyl groups excluding tert-OH is 3. The van der Waals surface area contributed by atoms with Crippen molar-refractivity contribution in [2.45, 2.75) is 24.1 Å². The monoisotopic (exact) mass is 193 g/mol. The topological polar surface area (TPSA) is 105 Å². The lowest BCUT2D eigenvalue weighted by molar-refractivity contribution is -0.260. The van der Waals surface area contributed by atoms with Crippen LogP contribution in [0, 0.1) is 0 Å². The summed E-state index contributed by atoms with van der Waals surface area (Å²) in [7, 11) is 1.28. The van der Waals surface area contributed by atoms with Gasteiger partial charge in [-0.3, -0.25) is 0 Å². The van der Waals surface area contributed by atoms with Crippen LogP contribution in [0.15, 0.2) is 0 Å². The summed E-state index contributed by atoms with van der Waals surface area (Å²) < 4.78 is 9.95. The van der Waals surface area contributed by atoms with Gasteiger partial charge in [0, 0.05) is 13.7 Å². The highest BCUT2D eigenvalue weighted by molar-refractivity contribution is 4.96. The second-order valence-corrected chi connectivity index (χ2v) is 3.00. The van der Waals surface area contributed by atoms with Crippen molar-refractivity contribution < 1.29 is 24.8 Å². The molecule has 0 saturated carbocycles. The molecule has 0 aromatic rings. The molecule has 1 aliphatic rings. The highest BCUT2D eigenvalue weighted by Gasteiger charge is 2.54. The van der Waals surface area contributed by atoms with Crippen LogP contribution < -0.4 is 5.73 Å². The molecule has 1 fully saturated rings. The number of methoxy groups -OCH3 is 1. The molecule has 0 amide bonds. The molecule has 1 aliphatic heterocycles. The van der Waals surface area contributed by atoms with Crippen molar-refractivity contribution in [3.8, 4) is 0 Å². The predicted molar refractivity (Wildman–Crippen MR) is 42.8 cm³/mol. The van der Waals surface area contributed by atoms with Crippen molar-refractivity contribution in [1.29, 1.82) is 0 Å². The fourth-order valence-electron chi connectivity index (χ4n) is 1.41. The van der Waals surface area contributed by atoms with Crippen molar-refractivity contribution in [3.05, 3.63) is 0 Å². The first kappa shape index (κ1) is 10.8. The van der Waals surface area contributed by atoms with Crippen LogP contribution in [0.2, 0.25) is 0 Å². The van der Waals surface area contributed by atoms with E-state index >= 15 is 0 Å². The van der Waals surface area contributed by atoms with E-state index in [0.29, 0.717) is 0 Å². The smallest absolute Gasteiger partial charge is 0.221 e. The zero-order chi connectivity index (χ0) is 10.1. The van der Waals surface area contributed by atoms with Crippen LogP contribution in [0.5, 0.6) is 0 Å². The first-order valence-electron chi connectivity index (χ1n) is 4.01. The van der Waals surface area contributed by atoms with Crippen LogP contribution in [-0.2, 0) is 9.47 Å². The van der Waals surface area contributed by atoms with Crippen molar-refractivity contribution in [3.63, 3.8) is 0 Å². The van der Waals surface area contributed by atoms with Gasteiger partial charge < -0.3 is 30.5 Å². The van der Waals surface area contributed by atoms with Gasteiger partial charge in [-0.05, 0) is 0 Å². The van der Waals surface area contributed by atoms with Crippen LogP contribution in [0.3, 0.4) is 0 Å². The lowest BCUT2D eigenvalue weighted by Gasteiger charge is -2.27. The van der Waals surface area contributed by atoms with E-state index in [9.17, 15) is 10.2 Å². The molecule has 0 aliphatic carbocycles. The summed E-state index contributed by atoms with van der Waals surface area (Å²) in [5.41, 5.74) is 5.28. The zero-order valence-electron chi connectivity index (χ0n) is 7.38. The van der Waals surface area contributed by atoms with Crippen LogP contribution in [0.25, 0.3) is 0 Å². The SMILES string of the molecule is COC1(CO)O[C@H](CN)[C@@H](O)[C@@H]1O. The number of hydrogen-bond donors (Lipinski definition) is 4. The van der Waals surface area contributed by atoms with Gasteiger partial charge in [-0.2, -0.15) is 0 Å². The molecule has 1 saturated heterocycles. The lowest BCUT2D eigenvalue weighted by Crippen LogP contribution is -2.47. The van der Waals surface area contributed by atoms with E-state index in [2.05, 4.69) is 0 Å². The van der Waals surface area contributed by atoms with Gasteiger partial charge in [-0.15, -0.1) is 0 Å². The Bertz CT molecular complexity index is 172. The van der Waals surface area contributed by atoms with Crippen LogP contribution in [0.4, 0.5) is 0 Å². The summed E-state index contributed by atoms with van der Waals surface area (Å²) in [4.78, 5) is 0. The Kier molecular flexibility index (Phi) is 3.23. The standard InChI is InChI=1S/C7H15NO5/c1-12-7(3-9)6(11)5(10)4(2-8)13-7/h4-6,9-11H,2-3,8H2,1H3/t4-,5-,6+,7?/m1/s1. The number of rotatable bonds is 3. The average molecular weight is 193 g/mol. The summed E-state index contributed by atoms with van der Waals surface area (Å²) in [6, 6.07) is 0. The lowest BCUT2D eigenvalue weighted by atomic mass is 10.1. The zero-order valence-corrected chi connectivity index (χ0v) is 7.38. The first-order valence-corrected chi connectivity index (χ1v) is 4.01. The third kappa shape index (κ3) is 1.56. The van der Waals surface area contributed by atoms with E-state index in [1.807, 2.05) is 0 Å². The summed E-state index contributed by atoms with van der Waals surface area (Å²) in [6.45, 7) is -0.471. The summed E-state index contributed by atoms with van der Waals surface area (Å²) in [5, 5.41) is 27.9. The number of hydrogen-bond acceptors (Lipinski definition) is 6. The van der Waals surface area contributed by atoms with Gasteiger partial charge >= 0.3 is 0 Å². The highest BCUT2D eigenvalue weighted by Crippen LogP contribution is 2.31. The van der Waals surface area contributed by atoms with E-state index in [1.54, 1.807) is 0 Å². The van der Waals surface area contributed by atoms with E-state index in [0.717, 1.165) is 0 Å². The van der Waals surface area contributed by atoms with Crippen molar-refractivity contribution in [1.82, 2.24) is 0 Å². The molecular formula is C7H15NO5. The summed E-state index contributed by atoms with van der Waals surface area (Å²) in [5.74, 6) is -1.54. The van der Waals surface area contributed by atoms with Gasteiger partial charge in [0.05, 0.1) is 0 Å². The van der Waals surface area contributed by atoms with Gasteiger partial charge in [0.25, 0.3) is 0 Å². The molecule has 4 atom stereocenters. The second kappa shape index (κ2) is 3.87. The van der Waals surface area contributed by atoms with Crippen molar-refractivity contribution >= 4 is 0 Å². The third-order valence-corrected chi connectivity index (χ3v) is 2.30. The van der Waals surface area contributed by atoms with Gasteiger partial charge in [0.15, 0.2) is 0 Å². The first-order chi connectivity index (χ1) is 6.11.